The van der Waals surface area contributed by atoms with Crippen molar-refractivity contribution >= 4 is 11.4 Å². The van der Waals surface area contributed by atoms with Crippen LogP contribution >= 0.6 is 0 Å². The lowest BCUT2D eigenvalue weighted by Gasteiger charge is -2.27. The SMILES string of the molecule is COCC(C)N(C)c1ccc(N)c(C(F)(F)F)c1. The summed E-state index contributed by atoms with van der Waals surface area (Å²) in [6.45, 7) is 2.30. The molecule has 0 spiro atoms. The number of alkyl halides is 3. The normalized spacial score (nSPS) is 13.4. The number of benzene rings is 1. The largest absolute Gasteiger partial charge is 0.418 e. The molecule has 0 aliphatic rings. The topological polar surface area (TPSA) is 38.5 Å². The smallest absolute Gasteiger partial charge is 0.398 e. The van der Waals surface area contributed by atoms with E-state index in [4.69, 9.17) is 10.5 Å². The van der Waals surface area contributed by atoms with Crippen molar-refractivity contribution in [2.24, 2.45) is 0 Å². The summed E-state index contributed by atoms with van der Waals surface area (Å²) >= 11 is 0. The molecular weight excluding hydrogens is 245 g/mol. The van der Waals surface area contributed by atoms with E-state index in [-0.39, 0.29) is 11.7 Å². The monoisotopic (exact) mass is 262 g/mol. The molecule has 0 aliphatic heterocycles. The Balaban J connectivity index is 3.05. The first-order chi connectivity index (χ1) is 8.27. The van der Waals surface area contributed by atoms with Crippen LogP contribution in [0, 0.1) is 0 Å². The Morgan fingerprint density at radius 1 is 1.39 bits per heavy atom. The van der Waals surface area contributed by atoms with Crippen LogP contribution in [0.25, 0.3) is 0 Å². The summed E-state index contributed by atoms with van der Waals surface area (Å²) in [5, 5.41) is 0. The average Bonchev–Trinajstić information content (AvgIpc) is 2.27. The van der Waals surface area contributed by atoms with Crippen molar-refractivity contribution in [3.8, 4) is 0 Å². The van der Waals surface area contributed by atoms with Gasteiger partial charge in [0.2, 0.25) is 0 Å². The highest BCUT2D eigenvalue weighted by molar-refractivity contribution is 5.59. The van der Waals surface area contributed by atoms with Crippen LogP contribution in [0.2, 0.25) is 0 Å². The van der Waals surface area contributed by atoms with Crippen LogP contribution in [0.15, 0.2) is 18.2 Å². The average molecular weight is 262 g/mol. The lowest BCUT2D eigenvalue weighted by molar-refractivity contribution is -0.136. The molecule has 6 heteroatoms. The van der Waals surface area contributed by atoms with Crippen molar-refractivity contribution in [2.45, 2.75) is 19.1 Å². The number of nitrogens with zero attached hydrogens (tertiary/aromatic N) is 1. The van der Waals surface area contributed by atoms with Crippen molar-refractivity contribution in [2.75, 3.05) is 31.4 Å². The molecule has 0 aromatic heterocycles. The highest BCUT2D eigenvalue weighted by Crippen LogP contribution is 2.36. The third kappa shape index (κ3) is 3.29. The molecule has 0 saturated heterocycles. The first kappa shape index (κ1) is 14.6. The fourth-order valence-corrected chi connectivity index (χ4v) is 1.62. The molecule has 1 aromatic carbocycles. The summed E-state index contributed by atoms with van der Waals surface area (Å²) in [6.07, 6.45) is -4.44. The van der Waals surface area contributed by atoms with E-state index in [0.29, 0.717) is 12.3 Å². The van der Waals surface area contributed by atoms with Crippen molar-refractivity contribution in [3.63, 3.8) is 0 Å². The quantitative estimate of drug-likeness (QED) is 0.848. The fraction of sp³-hybridized carbons (Fsp3) is 0.500. The third-order valence-corrected chi connectivity index (χ3v) is 2.82. The van der Waals surface area contributed by atoms with Crippen molar-refractivity contribution < 1.29 is 17.9 Å². The number of methoxy groups -OCH3 is 1. The maximum absolute atomic E-state index is 12.7. The van der Waals surface area contributed by atoms with Crippen LogP contribution in [-0.2, 0) is 10.9 Å². The Kier molecular flexibility index (Phi) is 4.45. The Bertz CT molecular complexity index is 407. The van der Waals surface area contributed by atoms with E-state index < -0.39 is 11.7 Å². The number of halogens is 3. The van der Waals surface area contributed by atoms with E-state index >= 15 is 0 Å². The fourth-order valence-electron chi connectivity index (χ4n) is 1.62. The van der Waals surface area contributed by atoms with Gasteiger partial charge in [-0.25, -0.2) is 0 Å². The Morgan fingerprint density at radius 3 is 2.50 bits per heavy atom. The molecular formula is C12H17F3N2O. The summed E-state index contributed by atoms with van der Waals surface area (Å²) in [7, 11) is 3.27. The molecule has 0 heterocycles. The van der Waals surface area contributed by atoms with Crippen molar-refractivity contribution in [1.29, 1.82) is 0 Å². The van der Waals surface area contributed by atoms with E-state index in [1.165, 1.54) is 6.07 Å². The van der Waals surface area contributed by atoms with Crippen LogP contribution in [0.5, 0.6) is 0 Å². The summed E-state index contributed by atoms with van der Waals surface area (Å²) in [5.41, 5.74) is 4.73. The van der Waals surface area contributed by atoms with Gasteiger partial charge in [0, 0.05) is 31.6 Å². The van der Waals surface area contributed by atoms with E-state index in [1.54, 1.807) is 25.1 Å². The number of hydrogen-bond acceptors (Lipinski definition) is 3. The first-order valence-electron chi connectivity index (χ1n) is 5.46. The Hall–Kier alpha value is -1.43. The minimum Gasteiger partial charge on any atom is -0.398 e. The van der Waals surface area contributed by atoms with E-state index in [1.807, 2.05) is 6.92 Å². The van der Waals surface area contributed by atoms with Crippen LogP contribution < -0.4 is 10.6 Å². The maximum Gasteiger partial charge on any atom is 0.418 e. The van der Waals surface area contributed by atoms with Gasteiger partial charge < -0.3 is 15.4 Å². The van der Waals surface area contributed by atoms with Crippen molar-refractivity contribution in [3.05, 3.63) is 23.8 Å². The number of ether oxygens (including phenoxy) is 1. The minimum atomic E-state index is -4.44. The van der Waals surface area contributed by atoms with Gasteiger partial charge in [-0.05, 0) is 25.1 Å². The molecule has 18 heavy (non-hydrogen) atoms. The second-order valence-electron chi connectivity index (χ2n) is 4.18. The predicted octanol–water partition coefficient (Wildman–Crippen LogP) is 2.76. The summed E-state index contributed by atoms with van der Waals surface area (Å²) in [4.78, 5) is 1.72. The second kappa shape index (κ2) is 5.48. The van der Waals surface area contributed by atoms with Gasteiger partial charge >= 0.3 is 6.18 Å². The Labute approximate surface area is 104 Å². The molecule has 0 radical (unpaired) electrons. The predicted molar refractivity (Wildman–Crippen MR) is 65.6 cm³/mol. The van der Waals surface area contributed by atoms with Gasteiger partial charge in [-0.2, -0.15) is 13.2 Å². The molecule has 102 valence electrons. The van der Waals surface area contributed by atoms with Gasteiger partial charge in [0.25, 0.3) is 0 Å². The van der Waals surface area contributed by atoms with Gasteiger partial charge in [0.05, 0.1) is 12.2 Å². The van der Waals surface area contributed by atoms with Crippen molar-refractivity contribution in [1.82, 2.24) is 0 Å². The van der Waals surface area contributed by atoms with Gasteiger partial charge in [0.1, 0.15) is 0 Å². The summed E-state index contributed by atoms with van der Waals surface area (Å²) < 4.78 is 43.1. The highest BCUT2D eigenvalue weighted by atomic mass is 19.4. The molecule has 1 atom stereocenters. The number of likely N-dealkylation sites (N-methyl/N-ethyl adjacent to an activating group) is 1. The molecule has 0 saturated carbocycles. The molecule has 1 rings (SSSR count). The summed E-state index contributed by atoms with van der Waals surface area (Å²) in [5.74, 6) is 0. The lowest BCUT2D eigenvalue weighted by Crippen LogP contribution is -2.32. The van der Waals surface area contributed by atoms with E-state index in [0.717, 1.165) is 6.07 Å². The van der Waals surface area contributed by atoms with Gasteiger partial charge in [-0.3, -0.25) is 0 Å². The van der Waals surface area contributed by atoms with Crippen LogP contribution in [0.1, 0.15) is 12.5 Å². The van der Waals surface area contributed by atoms with Crippen LogP contribution in [-0.4, -0.2) is 26.8 Å². The van der Waals surface area contributed by atoms with Gasteiger partial charge in [-0.1, -0.05) is 0 Å². The lowest BCUT2D eigenvalue weighted by atomic mass is 10.1. The van der Waals surface area contributed by atoms with Crippen LogP contribution in [0.3, 0.4) is 0 Å². The van der Waals surface area contributed by atoms with E-state index in [9.17, 15) is 13.2 Å². The van der Waals surface area contributed by atoms with Gasteiger partial charge in [-0.15, -0.1) is 0 Å². The third-order valence-electron chi connectivity index (χ3n) is 2.82. The zero-order chi connectivity index (χ0) is 13.9. The molecule has 3 nitrogen and oxygen atoms in total. The summed E-state index contributed by atoms with van der Waals surface area (Å²) in [6, 6.07) is 3.87. The number of anilines is 2. The van der Waals surface area contributed by atoms with Crippen LogP contribution in [0.4, 0.5) is 24.5 Å². The van der Waals surface area contributed by atoms with E-state index in [2.05, 4.69) is 0 Å². The second-order valence-corrected chi connectivity index (χ2v) is 4.18. The first-order valence-corrected chi connectivity index (χ1v) is 5.46. The zero-order valence-corrected chi connectivity index (χ0v) is 10.6. The van der Waals surface area contributed by atoms with Gasteiger partial charge in [0.15, 0.2) is 0 Å². The number of rotatable bonds is 4. The zero-order valence-electron chi connectivity index (χ0n) is 10.6. The molecule has 0 amide bonds. The molecule has 1 unspecified atom stereocenters. The molecule has 0 aliphatic carbocycles. The molecule has 0 bridgehead atoms. The number of nitrogen functional groups attached to an aromatic ring is 1. The molecule has 2 N–H and O–H groups in total. The number of nitrogens with two attached hydrogens (primary N) is 1. The minimum absolute atomic E-state index is 0.0280. The highest BCUT2D eigenvalue weighted by Gasteiger charge is 2.33. The number of hydrogen-bond donors (Lipinski definition) is 1. The standard InChI is InChI=1S/C12H17F3N2O/c1-8(7-18-3)17(2)9-4-5-11(16)10(6-9)12(13,14)15/h4-6,8H,7,16H2,1-3H3. The maximum atomic E-state index is 12.7. The Morgan fingerprint density at radius 2 is 2.00 bits per heavy atom. The molecule has 0 fully saturated rings. The molecule has 1 aromatic rings.